The predicted molar refractivity (Wildman–Crippen MR) is 90.8 cm³/mol. The van der Waals surface area contributed by atoms with Crippen LogP contribution in [0.15, 0.2) is 48.5 Å². The predicted octanol–water partition coefficient (Wildman–Crippen LogP) is 3.34. The van der Waals surface area contributed by atoms with Crippen molar-refractivity contribution in [2.75, 3.05) is 7.11 Å². The number of methoxy groups -OCH3 is 1. The number of ether oxygens (including phenoxy) is 2. The van der Waals surface area contributed by atoms with Gasteiger partial charge < -0.3 is 14.8 Å². The summed E-state index contributed by atoms with van der Waals surface area (Å²) < 4.78 is 10.9. The van der Waals surface area contributed by atoms with Crippen molar-refractivity contribution in [1.29, 1.82) is 0 Å². The average Bonchev–Trinajstić information content (AvgIpc) is 2.60. The number of carbonyl (C=O) groups is 1. The molecule has 0 unspecified atom stereocenters. The molecule has 0 spiro atoms. The zero-order chi connectivity index (χ0) is 16.7. The third kappa shape index (κ3) is 4.74. The van der Waals surface area contributed by atoms with Crippen LogP contribution in [0, 0.1) is 0 Å². The summed E-state index contributed by atoms with van der Waals surface area (Å²) >= 11 is 0. The van der Waals surface area contributed by atoms with E-state index in [0.29, 0.717) is 6.54 Å². The van der Waals surface area contributed by atoms with Gasteiger partial charge >= 0.3 is 0 Å². The zero-order valence-electron chi connectivity index (χ0n) is 13.8. The highest BCUT2D eigenvalue weighted by atomic mass is 16.5. The van der Waals surface area contributed by atoms with Crippen molar-refractivity contribution in [3.8, 4) is 11.5 Å². The minimum atomic E-state index is -0.541. The van der Waals surface area contributed by atoms with Gasteiger partial charge in [-0.3, -0.25) is 4.79 Å². The average molecular weight is 313 g/mol. The molecule has 1 atom stereocenters. The molecule has 2 aromatic rings. The highest BCUT2D eigenvalue weighted by Crippen LogP contribution is 2.19. The van der Waals surface area contributed by atoms with Gasteiger partial charge in [0, 0.05) is 6.54 Å². The molecule has 23 heavy (non-hydrogen) atoms. The molecule has 4 nitrogen and oxygen atoms in total. The molecular weight excluding hydrogens is 290 g/mol. The molecule has 0 saturated carbocycles. The number of hydrogen-bond donors (Lipinski definition) is 1. The summed E-state index contributed by atoms with van der Waals surface area (Å²) in [6.45, 7) is 4.29. The maximum atomic E-state index is 12.2. The fourth-order valence-electron chi connectivity index (χ4n) is 2.23. The van der Waals surface area contributed by atoms with E-state index in [-0.39, 0.29) is 5.91 Å². The quantitative estimate of drug-likeness (QED) is 0.853. The Bertz CT molecular complexity index is 637. The second-order valence-corrected chi connectivity index (χ2v) is 5.29. The van der Waals surface area contributed by atoms with E-state index in [4.69, 9.17) is 9.47 Å². The van der Waals surface area contributed by atoms with Crippen LogP contribution < -0.4 is 14.8 Å². The monoisotopic (exact) mass is 313 g/mol. The number of amides is 1. The van der Waals surface area contributed by atoms with Crippen LogP contribution in [0.2, 0.25) is 0 Å². The van der Waals surface area contributed by atoms with Crippen LogP contribution in [0.4, 0.5) is 0 Å². The summed E-state index contributed by atoms with van der Waals surface area (Å²) in [5.74, 6) is 1.43. The van der Waals surface area contributed by atoms with Gasteiger partial charge in [0.1, 0.15) is 11.5 Å². The Balaban J connectivity index is 1.89. The topological polar surface area (TPSA) is 47.6 Å². The summed E-state index contributed by atoms with van der Waals surface area (Å²) in [6.07, 6.45) is 0.331. The van der Waals surface area contributed by atoms with E-state index in [9.17, 15) is 4.79 Å². The summed E-state index contributed by atoms with van der Waals surface area (Å²) in [7, 11) is 1.63. The summed E-state index contributed by atoms with van der Waals surface area (Å²) in [5.41, 5.74) is 2.11. The lowest BCUT2D eigenvalue weighted by Crippen LogP contribution is -2.36. The number of para-hydroxylation sites is 1. The third-order valence-electron chi connectivity index (χ3n) is 3.65. The first-order chi connectivity index (χ1) is 11.1. The van der Waals surface area contributed by atoms with Crippen molar-refractivity contribution >= 4 is 5.91 Å². The van der Waals surface area contributed by atoms with Gasteiger partial charge in [-0.1, -0.05) is 37.3 Å². The second kappa shape index (κ2) is 8.22. The van der Waals surface area contributed by atoms with Crippen molar-refractivity contribution in [2.24, 2.45) is 0 Å². The Labute approximate surface area is 137 Å². The third-order valence-corrected chi connectivity index (χ3v) is 3.65. The van der Waals surface area contributed by atoms with Crippen LogP contribution in [0.1, 0.15) is 25.0 Å². The van der Waals surface area contributed by atoms with E-state index in [1.807, 2.05) is 48.5 Å². The Hall–Kier alpha value is -2.49. The van der Waals surface area contributed by atoms with Crippen molar-refractivity contribution in [3.05, 3.63) is 59.7 Å². The van der Waals surface area contributed by atoms with Crippen molar-refractivity contribution in [1.82, 2.24) is 5.32 Å². The minimum absolute atomic E-state index is 0.133. The van der Waals surface area contributed by atoms with Gasteiger partial charge in [-0.2, -0.15) is 0 Å². The smallest absolute Gasteiger partial charge is 0.261 e. The molecule has 0 aliphatic heterocycles. The molecule has 1 N–H and O–H groups in total. The number of nitrogens with one attached hydrogen (secondary N) is 1. The van der Waals surface area contributed by atoms with Gasteiger partial charge in [0.2, 0.25) is 0 Å². The van der Waals surface area contributed by atoms with Crippen molar-refractivity contribution < 1.29 is 14.3 Å². The number of hydrogen-bond acceptors (Lipinski definition) is 3. The lowest BCUT2D eigenvalue weighted by atomic mass is 10.1. The Morgan fingerprint density at radius 3 is 2.48 bits per heavy atom. The maximum Gasteiger partial charge on any atom is 0.261 e. The SMILES string of the molecule is CCc1ccccc1O[C@H](C)C(=O)NCc1ccc(OC)cc1. The van der Waals surface area contributed by atoms with Crippen LogP contribution >= 0.6 is 0 Å². The van der Waals surface area contributed by atoms with E-state index in [2.05, 4.69) is 12.2 Å². The largest absolute Gasteiger partial charge is 0.497 e. The van der Waals surface area contributed by atoms with Gasteiger partial charge in [-0.25, -0.2) is 0 Å². The molecule has 0 heterocycles. The van der Waals surface area contributed by atoms with E-state index in [0.717, 1.165) is 29.0 Å². The molecule has 0 fully saturated rings. The van der Waals surface area contributed by atoms with Gasteiger partial charge in [0.05, 0.1) is 7.11 Å². The molecule has 0 radical (unpaired) electrons. The highest BCUT2D eigenvalue weighted by molar-refractivity contribution is 5.80. The Morgan fingerprint density at radius 2 is 1.83 bits per heavy atom. The number of carbonyl (C=O) groups excluding carboxylic acids is 1. The Kier molecular flexibility index (Phi) is 6.03. The van der Waals surface area contributed by atoms with E-state index >= 15 is 0 Å². The normalized spacial score (nSPS) is 11.6. The maximum absolute atomic E-state index is 12.2. The molecule has 0 aliphatic rings. The number of aryl methyl sites for hydroxylation is 1. The summed E-state index contributed by atoms with van der Waals surface area (Å²) in [4.78, 5) is 12.2. The molecule has 0 bridgehead atoms. The standard InChI is InChI=1S/C19H23NO3/c1-4-16-7-5-6-8-18(16)23-14(2)19(21)20-13-15-9-11-17(22-3)12-10-15/h5-12,14H,4,13H2,1-3H3,(H,20,21)/t14-/m1/s1. The van der Waals surface area contributed by atoms with Crippen LogP contribution in [0.3, 0.4) is 0 Å². The van der Waals surface area contributed by atoms with E-state index in [1.54, 1.807) is 14.0 Å². The molecule has 2 rings (SSSR count). The Morgan fingerprint density at radius 1 is 1.13 bits per heavy atom. The first-order valence-electron chi connectivity index (χ1n) is 7.79. The van der Waals surface area contributed by atoms with Gasteiger partial charge in [-0.05, 0) is 42.7 Å². The van der Waals surface area contributed by atoms with Gasteiger partial charge in [0.25, 0.3) is 5.91 Å². The molecule has 0 aliphatic carbocycles. The fraction of sp³-hybridized carbons (Fsp3) is 0.316. The first kappa shape index (κ1) is 16.9. The highest BCUT2D eigenvalue weighted by Gasteiger charge is 2.15. The van der Waals surface area contributed by atoms with Gasteiger partial charge in [-0.15, -0.1) is 0 Å². The summed E-state index contributed by atoms with van der Waals surface area (Å²) in [5, 5.41) is 2.89. The minimum Gasteiger partial charge on any atom is -0.497 e. The molecule has 122 valence electrons. The van der Waals surface area contributed by atoms with E-state index < -0.39 is 6.10 Å². The van der Waals surface area contributed by atoms with Crippen LogP contribution in [-0.2, 0) is 17.8 Å². The van der Waals surface area contributed by atoms with Crippen LogP contribution in [0.5, 0.6) is 11.5 Å². The lowest BCUT2D eigenvalue weighted by Gasteiger charge is -2.17. The first-order valence-corrected chi connectivity index (χ1v) is 7.79. The molecule has 1 amide bonds. The fourth-order valence-corrected chi connectivity index (χ4v) is 2.23. The number of rotatable bonds is 7. The molecular formula is C19H23NO3. The molecule has 4 heteroatoms. The molecule has 0 aromatic heterocycles. The lowest BCUT2D eigenvalue weighted by molar-refractivity contribution is -0.127. The second-order valence-electron chi connectivity index (χ2n) is 5.29. The van der Waals surface area contributed by atoms with Gasteiger partial charge in [0.15, 0.2) is 6.10 Å². The van der Waals surface area contributed by atoms with Crippen LogP contribution in [-0.4, -0.2) is 19.1 Å². The summed E-state index contributed by atoms with van der Waals surface area (Å²) in [6, 6.07) is 15.4. The van der Waals surface area contributed by atoms with Crippen LogP contribution in [0.25, 0.3) is 0 Å². The molecule has 0 saturated heterocycles. The zero-order valence-corrected chi connectivity index (χ0v) is 13.8. The van der Waals surface area contributed by atoms with Crippen molar-refractivity contribution in [3.63, 3.8) is 0 Å². The number of benzene rings is 2. The van der Waals surface area contributed by atoms with E-state index in [1.165, 1.54) is 0 Å². The van der Waals surface area contributed by atoms with Crippen molar-refractivity contribution in [2.45, 2.75) is 32.9 Å². The molecule has 2 aromatic carbocycles.